The second kappa shape index (κ2) is 12.0. The molecule has 0 radical (unpaired) electrons. The zero-order valence-electron chi connectivity index (χ0n) is 19.8. The number of amides is 1. The van der Waals surface area contributed by atoms with Gasteiger partial charge in [0, 0.05) is 32.2 Å². The Bertz CT molecular complexity index is 769. The maximum atomic E-state index is 12.9. The molecule has 180 valence electrons. The minimum atomic E-state index is -0.476. The van der Waals surface area contributed by atoms with Crippen LogP contribution in [0.2, 0.25) is 0 Å². The van der Waals surface area contributed by atoms with Gasteiger partial charge in [-0.05, 0) is 77.0 Å². The van der Waals surface area contributed by atoms with Crippen LogP contribution in [0.3, 0.4) is 0 Å². The Morgan fingerprint density at radius 1 is 1.25 bits per heavy atom. The number of aromatic hydroxyl groups is 1. The number of aliphatic imine (C=N–C) groups is 1. The molecule has 2 N–H and O–H groups in total. The predicted molar refractivity (Wildman–Crippen MR) is 139 cm³/mol. The van der Waals surface area contributed by atoms with E-state index in [2.05, 4.69) is 17.1 Å². The maximum absolute atomic E-state index is 12.9. The minimum absolute atomic E-state index is 0. The first-order valence-electron chi connectivity index (χ1n) is 11.6. The van der Waals surface area contributed by atoms with Gasteiger partial charge in [-0.1, -0.05) is 12.1 Å². The number of carbonyl (C=O) groups is 1. The van der Waals surface area contributed by atoms with Crippen molar-refractivity contribution in [2.75, 3.05) is 26.2 Å². The molecule has 0 bridgehead atoms. The molecule has 1 aromatic rings. The number of phenols is 1. The van der Waals surface area contributed by atoms with Crippen LogP contribution in [0.4, 0.5) is 4.79 Å². The highest BCUT2D eigenvalue weighted by atomic mass is 127. The van der Waals surface area contributed by atoms with Crippen LogP contribution in [-0.2, 0) is 11.3 Å². The van der Waals surface area contributed by atoms with E-state index in [9.17, 15) is 9.90 Å². The first kappa shape index (κ1) is 26.5. The van der Waals surface area contributed by atoms with Gasteiger partial charge in [-0.15, -0.1) is 24.0 Å². The predicted octanol–water partition coefficient (Wildman–Crippen LogP) is 4.59. The molecule has 0 spiro atoms. The van der Waals surface area contributed by atoms with E-state index in [0.717, 1.165) is 50.5 Å². The number of hydrogen-bond acceptors (Lipinski definition) is 4. The molecule has 32 heavy (non-hydrogen) atoms. The van der Waals surface area contributed by atoms with Gasteiger partial charge in [0.15, 0.2) is 5.96 Å². The van der Waals surface area contributed by atoms with E-state index >= 15 is 0 Å². The van der Waals surface area contributed by atoms with Gasteiger partial charge in [-0.3, -0.25) is 0 Å². The number of carbonyl (C=O) groups excluding carboxylic acids is 1. The van der Waals surface area contributed by atoms with Crippen LogP contribution >= 0.6 is 24.0 Å². The van der Waals surface area contributed by atoms with Crippen molar-refractivity contribution in [3.63, 3.8) is 0 Å². The molecular formula is C24H39IN4O3. The van der Waals surface area contributed by atoms with E-state index in [4.69, 9.17) is 9.73 Å². The Morgan fingerprint density at radius 2 is 1.94 bits per heavy atom. The molecule has 2 aliphatic rings. The minimum Gasteiger partial charge on any atom is -0.508 e. The zero-order valence-corrected chi connectivity index (χ0v) is 22.2. The summed E-state index contributed by atoms with van der Waals surface area (Å²) in [5.41, 5.74) is 0.502. The Hall–Kier alpha value is -1.71. The number of halogens is 1. The van der Waals surface area contributed by atoms with Crippen LogP contribution in [0.5, 0.6) is 5.75 Å². The van der Waals surface area contributed by atoms with E-state index in [1.165, 1.54) is 12.8 Å². The first-order valence-corrected chi connectivity index (χ1v) is 11.6. The van der Waals surface area contributed by atoms with Crippen molar-refractivity contribution in [1.29, 1.82) is 0 Å². The summed E-state index contributed by atoms with van der Waals surface area (Å²) in [6.45, 7) is 11.7. The summed E-state index contributed by atoms with van der Waals surface area (Å²) in [6.07, 6.45) is 4.06. The highest BCUT2D eigenvalue weighted by Gasteiger charge is 2.35. The van der Waals surface area contributed by atoms with Gasteiger partial charge < -0.3 is 25.0 Å². The second-order valence-corrected chi connectivity index (χ2v) is 9.63. The highest BCUT2D eigenvalue weighted by Crippen LogP contribution is 2.32. The molecule has 0 aromatic heterocycles. The molecule has 1 heterocycles. The number of ether oxygens (including phenoxy) is 1. The van der Waals surface area contributed by atoms with Gasteiger partial charge in [0.05, 0.1) is 6.54 Å². The summed E-state index contributed by atoms with van der Waals surface area (Å²) in [5, 5.41) is 13.1. The monoisotopic (exact) mass is 558 g/mol. The normalized spacial score (nSPS) is 17.5. The molecule has 7 nitrogen and oxygen atoms in total. The Morgan fingerprint density at radius 3 is 2.50 bits per heavy atom. The highest BCUT2D eigenvalue weighted by molar-refractivity contribution is 14.0. The largest absolute Gasteiger partial charge is 0.508 e. The summed E-state index contributed by atoms with van der Waals surface area (Å²) in [4.78, 5) is 21.9. The number of guanidine groups is 1. The van der Waals surface area contributed by atoms with Gasteiger partial charge in [-0.2, -0.15) is 0 Å². The number of nitrogens with one attached hydrogen (secondary N) is 1. The number of benzene rings is 1. The number of piperidine rings is 1. The van der Waals surface area contributed by atoms with Gasteiger partial charge in [0.1, 0.15) is 11.4 Å². The van der Waals surface area contributed by atoms with E-state index in [-0.39, 0.29) is 41.9 Å². The fourth-order valence-corrected chi connectivity index (χ4v) is 3.91. The van der Waals surface area contributed by atoms with Gasteiger partial charge >= 0.3 is 6.09 Å². The SMILES string of the molecule is CCNC(=NCc1cccc(O)c1)N1CCC(N(CC2CC2)C(=O)OC(C)(C)C)CC1.I. The number of hydrogen-bond donors (Lipinski definition) is 2. The van der Waals surface area contributed by atoms with Crippen molar-refractivity contribution in [1.82, 2.24) is 15.1 Å². The maximum Gasteiger partial charge on any atom is 0.410 e. The molecule has 1 aliphatic heterocycles. The van der Waals surface area contributed by atoms with Gasteiger partial charge in [0.2, 0.25) is 0 Å². The lowest BCUT2D eigenvalue weighted by Gasteiger charge is -2.40. The third-order valence-corrected chi connectivity index (χ3v) is 5.64. The number of rotatable bonds is 6. The molecule has 1 aliphatic carbocycles. The Balaban J connectivity index is 0.00000363. The van der Waals surface area contributed by atoms with Crippen molar-refractivity contribution in [3.8, 4) is 5.75 Å². The molecule has 8 heteroatoms. The van der Waals surface area contributed by atoms with Crippen molar-refractivity contribution in [2.24, 2.45) is 10.9 Å². The van der Waals surface area contributed by atoms with Crippen LogP contribution in [0.15, 0.2) is 29.3 Å². The number of phenolic OH excluding ortho intramolecular Hbond substituents is 1. The smallest absolute Gasteiger partial charge is 0.410 e. The average Bonchev–Trinajstić information content (AvgIpc) is 3.52. The van der Waals surface area contributed by atoms with Gasteiger partial charge in [-0.25, -0.2) is 9.79 Å². The van der Waals surface area contributed by atoms with Crippen molar-refractivity contribution in [3.05, 3.63) is 29.8 Å². The summed E-state index contributed by atoms with van der Waals surface area (Å²) >= 11 is 0. The molecule has 1 amide bonds. The molecule has 1 saturated heterocycles. The Labute approximate surface area is 209 Å². The molecule has 0 atom stereocenters. The second-order valence-electron chi connectivity index (χ2n) is 9.63. The summed E-state index contributed by atoms with van der Waals surface area (Å²) in [6, 6.07) is 7.43. The third-order valence-electron chi connectivity index (χ3n) is 5.64. The number of nitrogens with zero attached hydrogens (tertiary/aromatic N) is 3. The molecule has 1 aromatic carbocycles. The van der Waals surface area contributed by atoms with E-state index in [1.54, 1.807) is 12.1 Å². The van der Waals surface area contributed by atoms with Crippen LogP contribution in [0, 0.1) is 5.92 Å². The molecule has 2 fully saturated rings. The quantitative estimate of drug-likeness (QED) is 0.304. The van der Waals surface area contributed by atoms with E-state index < -0.39 is 5.60 Å². The third kappa shape index (κ3) is 8.33. The molecular weight excluding hydrogens is 519 g/mol. The molecule has 1 saturated carbocycles. The van der Waals surface area contributed by atoms with E-state index in [1.807, 2.05) is 37.8 Å². The summed E-state index contributed by atoms with van der Waals surface area (Å²) in [7, 11) is 0. The Kier molecular flexibility index (Phi) is 9.91. The summed E-state index contributed by atoms with van der Waals surface area (Å²) in [5.74, 6) is 1.78. The van der Waals surface area contributed by atoms with E-state index in [0.29, 0.717) is 12.5 Å². The van der Waals surface area contributed by atoms with Crippen LogP contribution < -0.4 is 5.32 Å². The lowest BCUT2D eigenvalue weighted by atomic mass is 10.0. The van der Waals surface area contributed by atoms with Crippen molar-refractivity contribution >= 4 is 36.0 Å². The van der Waals surface area contributed by atoms with Crippen LogP contribution in [-0.4, -0.2) is 64.8 Å². The van der Waals surface area contributed by atoms with Crippen molar-refractivity contribution < 1.29 is 14.6 Å². The summed E-state index contributed by atoms with van der Waals surface area (Å²) < 4.78 is 5.71. The van der Waals surface area contributed by atoms with Crippen LogP contribution in [0.1, 0.15) is 58.9 Å². The first-order chi connectivity index (χ1) is 14.7. The average molecular weight is 559 g/mol. The lowest BCUT2D eigenvalue weighted by molar-refractivity contribution is 0.00928. The van der Waals surface area contributed by atoms with Gasteiger partial charge in [0.25, 0.3) is 0 Å². The zero-order chi connectivity index (χ0) is 22.4. The standard InChI is InChI=1S/C24H38N4O3.HI/c1-5-25-22(26-16-19-7-6-8-21(29)15-19)27-13-11-20(12-14-27)28(17-18-9-10-18)23(30)31-24(2,3)4;/h6-8,15,18,20,29H,5,9-14,16-17H2,1-4H3,(H,25,26);1H. The lowest BCUT2D eigenvalue weighted by Crippen LogP contribution is -2.52. The topological polar surface area (TPSA) is 77.4 Å². The fourth-order valence-electron chi connectivity index (χ4n) is 3.91. The molecule has 3 rings (SSSR count). The number of likely N-dealkylation sites (tertiary alicyclic amines) is 1. The van der Waals surface area contributed by atoms with Crippen molar-refractivity contribution in [2.45, 2.75) is 71.6 Å². The van der Waals surface area contributed by atoms with Crippen LogP contribution in [0.25, 0.3) is 0 Å². The fraction of sp³-hybridized carbons (Fsp3) is 0.667. The molecule has 0 unspecified atom stereocenters.